The van der Waals surface area contributed by atoms with E-state index in [9.17, 15) is 4.79 Å². The van der Waals surface area contributed by atoms with Crippen LogP contribution in [-0.4, -0.2) is 19.0 Å². The van der Waals surface area contributed by atoms with Crippen molar-refractivity contribution in [2.24, 2.45) is 5.73 Å². The van der Waals surface area contributed by atoms with Gasteiger partial charge in [0.05, 0.1) is 12.1 Å². The Morgan fingerprint density at radius 3 is 1.93 bits per heavy atom. The molecule has 76 valence electrons. The van der Waals surface area contributed by atoms with Crippen molar-refractivity contribution in [3.8, 4) is 12.1 Å². The average molecular weight is 194 g/mol. The molecule has 0 aromatic heterocycles. The molecule has 0 aliphatic rings. The third-order valence-electron chi connectivity index (χ3n) is 1.03. The van der Waals surface area contributed by atoms with E-state index in [4.69, 9.17) is 10.5 Å². The van der Waals surface area contributed by atoms with Gasteiger partial charge in [0, 0.05) is 25.9 Å². The Kier molecular flexibility index (Phi) is 14.4. The maximum atomic E-state index is 9.47. The number of carbonyl (C=O) groups excluding carboxylic acids is 1. The maximum Gasteiger partial charge on any atom is 0.240 e. The quantitative estimate of drug-likeness (QED) is 0.477. The highest BCUT2D eigenvalue weighted by molar-refractivity contribution is 5.84. The Morgan fingerprint density at radius 2 is 1.71 bits per heavy atom. The van der Waals surface area contributed by atoms with Crippen LogP contribution in [0.5, 0.6) is 0 Å². The van der Waals surface area contributed by atoms with Gasteiger partial charge >= 0.3 is 0 Å². The highest BCUT2D eigenvalue weighted by Gasteiger charge is 1.82. The molecule has 0 aliphatic heterocycles. The first kappa shape index (κ1) is 14.7. The predicted octanol–water partition coefficient (Wildman–Crippen LogP) is 0.0611. The fraction of sp³-hybridized carbons (Fsp3) is 0.444. The van der Waals surface area contributed by atoms with Crippen molar-refractivity contribution in [3.05, 3.63) is 12.7 Å². The molecule has 0 atom stereocenters. The second kappa shape index (κ2) is 13.7. The zero-order valence-electron chi connectivity index (χ0n) is 7.99. The van der Waals surface area contributed by atoms with E-state index in [1.807, 2.05) is 12.1 Å². The Balaban J connectivity index is 0. The summed E-state index contributed by atoms with van der Waals surface area (Å²) in [4.78, 5) is 9.47. The van der Waals surface area contributed by atoms with Gasteiger partial charge in [-0.2, -0.15) is 10.5 Å². The molecular formula is C9H14N4O. The predicted molar refractivity (Wildman–Crippen MR) is 52.7 cm³/mol. The molecule has 0 radical (unpaired) electrons. The number of primary amides is 1. The summed E-state index contributed by atoms with van der Waals surface area (Å²) in [5.41, 5.74) is 4.53. The number of nitrogens with one attached hydrogen (secondary N) is 1. The van der Waals surface area contributed by atoms with Crippen LogP contribution in [0.15, 0.2) is 12.7 Å². The van der Waals surface area contributed by atoms with Crippen LogP contribution in [-0.2, 0) is 4.79 Å². The molecule has 0 rings (SSSR count). The fourth-order valence-electron chi connectivity index (χ4n) is 0.414. The molecule has 0 bridgehead atoms. The molecule has 3 N–H and O–H groups in total. The van der Waals surface area contributed by atoms with Crippen molar-refractivity contribution in [2.75, 3.05) is 13.1 Å². The van der Waals surface area contributed by atoms with Gasteiger partial charge in [0.15, 0.2) is 0 Å². The lowest BCUT2D eigenvalue weighted by atomic mass is 10.4. The van der Waals surface area contributed by atoms with Crippen molar-refractivity contribution in [3.63, 3.8) is 0 Å². The van der Waals surface area contributed by atoms with Gasteiger partial charge in [0.25, 0.3) is 0 Å². The molecule has 0 saturated heterocycles. The largest absolute Gasteiger partial charge is 0.366 e. The van der Waals surface area contributed by atoms with E-state index in [0.717, 1.165) is 6.08 Å². The van der Waals surface area contributed by atoms with Gasteiger partial charge in [0.2, 0.25) is 5.91 Å². The molecule has 5 nitrogen and oxygen atoms in total. The lowest BCUT2D eigenvalue weighted by Gasteiger charge is -1.93. The number of nitrogens with two attached hydrogens (primary N) is 1. The van der Waals surface area contributed by atoms with Crippen LogP contribution in [0, 0.1) is 22.7 Å². The summed E-state index contributed by atoms with van der Waals surface area (Å²) < 4.78 is 0. The molecule has 5 heteroatoms. The minimum atomic E-state index is -0.481. The van der Waals surface area contributed by atoms with Crippen molar-refractivity contribution < 1.29 is 4.79 Å². The first-order valence-corrected chi connectivity index (χ1v) is 4.05. The topological polar surface area (TPSA) is 103 Å². The lowest BCUT2D eigenvalue weighted by Crippen LogP contribution is -2.15. The van der Waals surface area contributed by atoms with E-state index in [1.54, 1.807) is 0 Å². The Labute approximate surface area is 83.8 Å². The monoisotopic (exact) mass is 194 g/mol. The molecule has 0 aromatic rings. The SMILES string of the molecule is C=CC(N)=O.N#CCCNCCC#N. The third kappa shape index (κ3) is 22.5. The first-order chi connectivity index (χ1) is 6.68. The second-order valence-electron chi connectivity index (χ2n) is 2.17. The third-order valence-corrected chi connectivity index (χ3v) is 1.03. The van der Waals surface area contributed by atoms with E-state index < -0.39 is 5.91 Å². The molecule has 0 heterocycles. The van der Waals surface area contributed by atoms with Crippen molar-refractivity contribution in [2.45, 2.75) is 12.8 Å². The van der Waals surface area contributed by atoms with Crippen molar-refractivity contribution >= 4 is 5.91 Å². The number of amides is 1. The number of hydrogen-bond donors (Lipinski definition) is 2. The van der Waals surface area contributed by atoms with Gasteiger partial charge in [-0.3, -0.25) is 4.79 Å². The van der Waals surface area contributed by atoms with Crippen LogP contribution in [0.2, 0.25) is 0 Å². The Hall–Kier alpha value is -1.85. The summed E-state index contributed by atoms with van der Waals surface area (Å²) in [6.45, 7) is 4.47. The molecular weight excluding hydrogens is 180 g/mol. The summed E-state index contributed by atoms with van der Waals surface area (Å²) in [5.74, 6) is -0.481. The average Bonchev–Trinajstić information content (AvgIpc) is 2.19. The minimum absolute atomic E-state index is 0.481. The number of nitrogens with zero attached hydrogens (tertiary/aromatic N) is 2. The van der Waals surface area contributed by atoms with Crippen LogP contribution < -0.4 is 11.1 Å². The number of hydrogen-bond acceptors (Lipinski definition) is 4. The number of carbonyl (C=O) groups is 1. The Bertz CT molecular complexity index is 220. The summed E-state index contributed by atoms with van der Waals surface area (Å²) in [6, 6.07) is 4.00. The molecule has 0 aromatic carbocycles. The number of nitriles is 2. The summed E-state index contributed by atoms with van der Waals surface area (Å²) in [5, 5.41) is 19.1. The zero-order chi connectivity index (χ0) is 11.2. The van der Waals surface area contributed by atoms with Crippen LogP contribution >= 0.6 is 0 Å². The normalized spacial score (nSPS) is 7.29. The van der Waals surface area contributed by atoms with Crippen molar-refractivity contribution in [1.29, 1.82) is 10.5 Å². The van der Waals surface area contributed by atoms with Gasteiger partial charge in [-0.1, -0.05) is 6.58 Å². The van der Waals surface area contributed by atoms with E-state index in [-0.39, 0.29) is 0 Å². The fourth-order valence-corrected chi connectivity index (χ4v) is 0.414. The summed E-state index contributed by atoms with van der Waals surface area (Å²) in [6.07, 6.45) is 2.09. The van der Waals surface area contributed by atoms with Gasteiger partial charge in [-0.25, -0.2) is 0 Å². The highest BCUT2D eigenvalue weighted by atomic mass is 16.1. The molecule has 14 heavy (non-hydrogen) atoms. The van der Waals surface area contributed by atoms with Crippen LogP contribution in [0.3, 0.4) is 0 Å². The highest BCUT2D eigenvalue weighted by Crippen LogP contribution is 1.72. The first-order valence-electron chi connectivity index (χ1n) is 4.05. The Morgan fingerprint density at radius 1 is 1.36 bits per heavy atom. The van der Waals surface area contributed by atoms with Gasteiger partial charge in [-0.05, 0) is 6.08 Å². The minimum Gasteiger partial charge on any atom is -0.366 e. The van der Waals surface area contributed by atoms with Crippen LogP contribution in [0.4, 0.5) is 0 Å². The smallest absolute Gasteiger partial charge is 0.240 e. The second-order valence-corrected chi connectivity index (χ2v) is 2.17. The molecule has 0 fully saturated rings. The van der Waals surface area contributed by atoms with Gasteiger partial charge < -0.3 is 11.1 Å². The van der Waals surface area contributed by atoms with E-state index >= 15 is 0 Å². The van der Waals surface area contributed by atoms with E-state index in [1.165, 1.54) is 0 Å². The molecule has 0 unspecified atom stereocenters. The zero-order valence-corrected chi connectivity index (χ0v) is 7.99. The van der Waals surface area contributed by atoms with Crippen LogP contribution in [0.1, 0.15) is 12.8 Å². The van der Waals surface area contributed by atoms with Gasteiger partial charge in [-0.15, -0.1) is 0 Å². The summed E-state index contributed by atoms with van der Waals surface area (Å²) in [7, 11) is 0. The van der Waals surface area contributed by atoms with E-state index in [0.29, 0.717) is 25.9 Å². The van der Waals surface area contributed by atoms with Crippen LogP contribution in [0.25, 0.3) is 0 Å². The molecule has 0 saturated carbocycles. The molecule has 1 amide bonds. The maximum absolute atomic E-state index is 9.47. The molecule has 0 spiro atoms. The summed E-state index contributed by atoms with van der Waals surface area (Å²) >= 11 is 0. The van der Waals surface area contributed by atoms with Gasteiger partial charge in [0.1, 0.15) is 0 Å². The standard InChI is InChI=1S/C6H9N3.C3H5NO/c7-3-1-5-9-6-2-4-8;1-2-3(4)5/h9H,1-2,5-6H2;2H,1H2,(H2,4,5). The van der Waals surface area contributed by atoms with E-state index in [2.05, 4.69) is 17.6 Å². The lowest BCUT2D eigenvalue weighted by molar-refractivity contribution is -0.113. The van der Waals surface area contributed by atoms with Crippen molar-refractivity contribution in [1.82, 2.24) is 5.32 Å². The number of rotatable bonds is 5. The molecule has 0 aliphatic carbocycles.